The van der Waals surface area contributed by atoms with Gasteiger partial charge < -0.3 is 0 Å². The molecule has 3 nitrogen and oxygen atoms in total. The van der Waals surface area contributed by atoms with Gasteiger partial charge in [0.2, 0.25) is 0 Å². The van der Waals surface area contributed by atoms with Gasteiger partial charge in [-0.3, -0.25) is 0 Å². The van der Waals surface area contributed by atoms with Crippen molar-refractivity contribution in [3.8, 4) is 6.07 Å². The molecule has 0 fully saturated rings. The fraction of sp³-hybridized carbons (Fsp3) is 0.154. The summed E-state index contributed by atoms with van der Waals surface area (Å²) in [4.78, 5) is 7.98. The number of rotatable bonds is 2. The van der Waals surface area contributed by atoms with Crippen molar-refractivity contribution in [3.63, 3.8) is 0 Å². The van der Waals surface area contributed by atoms with Crippen LogP contribution in [0.3, 0.4) is 0 Å². The first-order valence-electron chi connectivity index (χ1n) is 5.04. The molecule has 78 valence electrons. The highest BCUT2D eigenvalue weighted by Crippen LogP contribution is 2.08. The summed E-state index contributed by atoms with van der Waals surface area (Å²) in [5.41, 5.74) is 3.71. The molecule has 2 aromatic rings. The Kier molecular flexibility index (Phi) is 2.93. The normalized spacial score (nSPS) is 9.75. The minimum atomic E-state index is 0.414. The summed E-state index contributed by atoms with van der Waals surface area (Å²) in [6, 6.07) is 12.0. The number of nitriles is 1. The molecule has 0 N–H and O–H groups in total. The van der Waals surface area contributed by atoms with Crippen LogP contribution >= 0.6 is 0 Å². The van der Waals surface area contributed by atoms with Crippen LogP contribution in [0.5, 0.6) is 0 Å². The molecule has 16 heavy (non-hydrogen) atoms. The van der Waals surface area contributed by atoms with Crippen molar-refractivity contribution in [2.75, 3.05) is 0 Å². The summed E-state index contributed by atoms with van der Waals surface area (Å²) in [7, 11) is 0. The maximum atomic E-state index is 8.72. The van der Waals surface area contributed by atoms with Gasteiger partial charge in [-0.1, -0.05) is 29.8 Å². The molecule has 0 amide bonds. The topological polar surface area (TPSA) is 49.6 Å². The number of aryl methyl sites for hydroxylation is 1. The van der Waals surface area contributed by atoms with Crippen LogP contribution in [0.1, 0.15) is 22.5 Å². The van der Waals surface area contributed by atoms with Gasteiger partial charge in [0.05, 0.1) is 0 Å². The lowest BCUT2D eigenvalue weighted by molar-refractivity contribution is 1.01. The molecule has 1 aromatic heterocycles. The van der Waals surface area contributed by atoms with Gasteiger partial charge in [0, 0.05) is 12.1 Å². The Morgan fingerprint density at radius 3 is 2.62 bits per heavy atom. The fourth-order valence-corrected chi connectivity index (χ4v) is 1.47. The zero-order valence-electron chi connectivity index (χ0n) is 9.01. The number of aromatic nitrogens is 2. The van der Waals surface area contributed by atoms with Crippen molar-refractivity contribution in [2.24, 2.45) is 0 Å². The largest absolute Gasteiger partial charge is 0.241 e. The summed E-state index contributed by atoms with van der Waals surface area (Å²) in [6.07, 6.45) is 2.17. The molecule has 0 saturated carbocycles. The smallest absolute Gasteiger partial charge is 0.144 e. The van der Waals surface area contributed by atoms with Gasteiger partial charge in [-0.25, -0.2) is 9.97 Å². The summed E-state index contributed by atoms with van der Waals surface area (Å²) in [5.74, 6) is 0. The van der Waals surface area contributed by atoms with Gasteiger partial charge in [-0.2, -0.15) is 5.26 Å². The molecule has 0 atom stereocenters. The minimum Gasteiger partial charge on any atom is -0.241 e. The average Bonchev–Trinajstić information content (AvgIpc) is 2.32. The Balaban J connectivity index is 2.21. The third kappa shape index (κ3) is 2.43. The molecule has 0 bridgehead atoms. The first-order chi connectivity index (χ1) is 7.78. The first-order valence-corrected chi connectivity index (χ1v) is 5.04. The predicted octanol–water partition coefficient (Wildman–Crippen LogP) is 2.25. The van der Waals surface area contributed by atoms with Crippen LogP contribution in [0.15, 0.2) is 36.7 Å². The molecular formula is C13H11N3. The highest BCUT2D eigenvalue weighted by Gasteiger charge is 1.99. The minimum absolute atomic E-state index is 0.414. The zero-order chi connectivity index (χ0) is 11.4. The monoisotopic (exact) mass is 209 g/mol. The van der Waals surface area contributed by atoms with E-state index in [1.165, 1.54) is 17.5 Å². The van der Waals surface area contributed by atoms with E-state index in [0.29, 0.717) is 5.69 Å². The van der Waals surface area contributed by atoms with Crippen LogP contribution in [0.2, 0.25) is 0 Å². The van der Waals surface area contributed by atoms with E-state index in [2.05, 4.69) is 41.2 Å². The highest BCUT2D eigenvalue weighted by atomic mass is 14.8. The van der Waals surface area contributed by atoms with E-state index in [9.17, 15) is 0 Å². The van der Waals surface area contributed by atoms with E-state index in [0.717, 1.165) is 12.1 Å². The molecule has 0 aliphatic carbocycles. The van der Waals surface area contributed by atoms with Gasteiger partial charge in [0.25, 0.3) is 0 Å². The van der Waals surface area contributed by atoms with E-state index in [1.54, 1.807) is 6.07 Å². The molecule has 0 aliphatic rings. The second-order valence-electron chi connectivity index (χ2n) is 3.67. The van der Waals surface area contributed by atoms with Crippen molar-refractivity contribution in [2.45, 2.75) is 13.3 Å². The Bertz CT molecular complexity index is 524. The van der Waals surface area contributed by atoms with Crippen LogP contribution in [0.4, 0.5) is 0 Å². The van der Waals surface area contributed by atoms with Crippen LogP contribution < -0.4 is 0 Å². The molecular weight excluding hydrogens is 198 g/mol. The lowest BCUT2D eigenvalue weighted by atomic mass is 10.1. The summed E-state index contributed by atoms with van der Waals surface area (Å²) >= 11 is 0. The lowest BCUT2D eigenvalue weighted by Crippen LogP contribution is -1.95. The van der Waals surface area contributed by atoms with E-state index in [1.807, 2.05) is 6.07 Å². The van der Waals surface area contributed by atoms with Gasteiger partial charge in [0.15, 0.2) is 0 Å². The van der Waals surface area contributed by atoms with Crippen LogP contribution in [0, 0.1) is 18.3 Å². The van der Waals surface area contributed by atoms with E-state index >= 15 is 0 Å². The van der Waals surface area contributed by atoms with Gasteiger partial charge >= 0.3 is 0 Å². The lowest BCUT2D eigenvalue weighted by Gasteiger charge is -2.01. The third-order valence-corrected chi connectivity index (χ3v) is 2.34. The standard InChI is InChI=1S/C13H11N3/c1-10-2-4-11(5-3-10)6-12-7-13(8-14)16-9-15-12/h2-5,7,9H,6H2,1H3. The molecule has 1 aromatic carbocycles. The SMILES string of the molecule is Cc1ccc(Cc2cc(C#N)ncn2)cc1. The average molecular weight is 209 g/mol. The predicted molar refractivity (Wildman–Crippen MR) is 60.7 cm³/mol. The van der Waals surface area contributed by atoms with Crippen LogP contribution in [0.25, 0.3) is 0 Å². The van der Waals surface area contributed by atoms with Gasteiger partial charge in [-0.15, -0.1) is 0 Å². The maximum absolute atomic E-state index is 8.72. The Morgan fingerprint density at radius 2 is 1.94 bits per heavy atom. The number of benzene rings is 1. The number of hydrogen-bond donors (Lipinski definition) is 0. The second-order valence-corrected chi connectivity index (χ2v) is 3.67. The zero-order valence-corrected chi connectivity index (χ0v) is 9.01. The van der Waals surface area contributed by atoms with Crippen molar-refractivity contribution < 1.29 is 0 Å². The molecule has 0 unspecified atom stereocenters. The fourth-order valence-electron chi connectivity index (χ4n) is 1.47. The highest BCUT2D eigenvalue weighted by molar-refractivity contribution is 5.28. The van der Waals surface area contributed by atoms with E-state index in [-0.39, 0.29) is 0 Å². The number of nitrogens with zero attached hydrogens (tertiary/aromatic N) is 3. The van der Waals surface area contributed by atoms with Gasteiger partial charge in [0.1, 0.15) is 18.1 Å². The Morgan fingerprint density at radius 1 is 1.19 bits per heavy atom. The van der Waals surface area contributed by atoms with E-state index < -0.39 is 0 Å². The second kappa shape index (κ2) is 4.54. The quantitative estimate of drug-likeness (QED) is 0.762. The maximum Gasteiger partial charge on any atom is 0.144 e. The van der Waals surface area contributed by atoms with Gasteiger partial charge in [-0.05, 0) is 18.6 Å². The van der Waals surface area contributed by atoms with Crippen molar-refractivity contribution in [3.05, 3.63) is 59.2 Å². The molecule has 0 spiro atoms. The molecule has 1 heterocycles. The van der Waals surface area contributed by atoms with E-state index in [4.69, 9.17) is 5.26 Å². The molecule has 3 heteroatoms. The first kappa shape index (κ1) is 10.3. The van der Waals surface area contributed by atoms with Crippen LogP contribution in [-0.2, 0) is 6.42 Å². The molecule has 0 radical (unpaired) electrons. The summed E-state index contributed by atoms with van der Waals surface area (Å²) < 4.78 is 0. The van der Waals surface area contributed by atoms with Crippen molar-refractivity contribution >= 4 is 0 Å². The third-order valence-electron chi connectivity index (χ3n) is 2.34. The number of hydrogen-bond acceptors (Lipinski definition) is 3. The van der Waals surface area contributed by atoms with Crippen molar-refractivity contribution in [1.82, 2.24) is 9.97 Å². The van der Waals surface area contributed by atoms with Crippen LogP contribution in [-0.4, -0.2) is 9.97 Å². The molecule has 2 rings (SSSR count). The summed E-state index contributed by atoms with van der Waals surface area (Å²) in [6.45, 7) is 2.06. The molecule has 0 aliphatic heterocycles. The Labute approximate surface area is 94.4 Å². The molecule has 0 saturated heterocycles. The van der Waals surface area contributed by atoms with Crippen molar-refractivity contribution in [1.29, 1.82) is 5.26 Å². The Hall–Kier alpha value is -2.21. The summed E-state index contributed by atoms with van der Waals surface area (Å²) in [5, 5.41) is 8.72.